The highest BCUT2D eigenvalue weighted by atomic mass is 32.1. The second-order valence-corrected chi connectivity index (χ2v) is 6.74. The van der Waals surface area contributed by atoms with Gasteiger partial charge in [0.25, 0.3) is 11.8 Å². The molecule has 1 heterocycles. The van der Waals surface area contributed by atoms with Gasteiger partial charge < -0.3 is 14.6 Å². The fourth-order valence-corrected chi connectivity index (χ4v) is 2.93. The third-order valence-corrected chi connectivity index (χ3v) is 4.99. The Labute approximate surface area is 172 Å². The van der Waals surface area contributed by atoms with Crippen LogP contribution in [0.2, 0.25) is 0 Å². The summed E-state index contributed by atoms with van der Waals surface area (Å²) < 4.78 is 5.83. The maximum Gasteiger partial charge on any atom is 0.265 e. The quantitative estimate of drug-likeness (QED) is 0.419. The number of hydrogen-bond acceptors (Lipinski definition) is 6. The number of carboxylic acids is 1. The summed E-state index contributed by atoms with van der Waals surface area (Å²) in [6, 6.07) is 13.1. The Balaban J connectivity index is 1.84. The standard InChI is InChI=1S/C21H18N2O5S/c1-22-18(24)16(19(25)23(2)21(22)29)11-15-5-3-4-6-17(15)28-12-13-7-9-14(10-8-13)20(26)27/h3-11H,12H2,1-2H3,(H,26,27)/p-1. The van der Waals surface area contributed by atoms with Gasteiger partial charge in [-0.15, -0.1) is 0 Å². The number of thiocarbonyl (C=S) groups is 1. The minimum absolute atomic E-state index is 0.0158. The summed E-state index contributed by atoms with van der Waals surface area (Å²) in [5, 5.41) is 11.0. The van der Waals surface area contributed by atoms with Crippen molar-refractivity contribution in [3.05, 3.63) is 70.8 Å². The predicted octanol–water partition coefficient (Wildman–Crippen LogP) is 1.23. The van der Waals surface area contributed by atoms with E-state index in [1.54, 1.807) is 36.4 Å². The number of aromatic carboxylic acids is 1. The largest absolute Gasteiger partial charge is 0.545 e. The molecule has 2 aromatic carbocycles. The van der Waals surface area contributed by atoms with E-state index in [0.717, 1.165) is 5.56 Å². The van der Waals surface area contributed by atoms with Crippen LogP contribution in [-0.4, -0.2) is 46.8 Å². The van der Waals surface area contributed by atoms with Crippen LogP contribution in [0, 0.1) is 0 Å². The molecule has 7 nitrogen and oxygen atoms in total. The third-order valence-electron chi connectivity index (χ3n) is 4.45. The maximum absolute atomic E-state index is 12.5. The number of benzene rings is 2. The molecule has 148 valence electrons. The molecule has 0 aliphatic carbocycles. The predicted molar refractivity (Wildman–Crippen MR) is 108 cm³/mol. The van der Waals surface area contributed by atoms with Gasteiger partial charge in [-0.2, -0.15) is 0 Å². The van der Waals surface area contributed by atoms with Gasteiger partial charge in [-0.1, -0.05) is 42.5 Å². The van der Waals surface area contributed by atoms with Gasteiger partial charge in [0.1, 0.15) is 17.9 Å². The lowest BCUT2D eigenvalue weighted by Gasteiger charge is -2.31. The van der Waals surface area contributed by atoms with Gasteiger partial charge in [0.05, 0.1) is 5.97 Å². The number of carbonyl (C=O) groups excluding carboxylic acids is 3. The van der Waals surface area contributed by atoms with E-state index in [1.165, 1.54) is 42.1 Å². The summed E-state index contributed by atoms with van der Waals surface area (Å²) >= 11 is 5.09. The van der Waals surface area contributed by atoms with Crippen molar-refractivity contribution in [2.75, 3.05) is 14.1 Å². The van der Waals surface area contributed by atoms with E-state index in [2.05, 4.69) is 0 Å². The average molecular weight is 409 g/mol. The summed E-state index contributed by atoms with van der Waals surface area (Å²) in [7, 11) is 3.03. The van der Waals surface area contributed by atoms with Crippen molar-refractivity contribution in [3.63, 3.8) is 0 Å². The van der Waals surface area contributed by atoms with Crippen molar-refractivity contribution < 1.29 is 24.2 Å². The zero-order valence-corrected chi connectivity index (χ0v) is 16.6. The van der Waals surface area contributed by atoms with Crippen LogP contribution in [0.3, 0.4) is 0 Å². The molecule has 1 aliphatic heterocycles. The van der Waals surface area contributed by atoms with Gasteiger partial charge in [-0.25, -0.2) is 0 Å². The number of para-hydroxylation sites is 1. The van der Waals surface area contributed by atoms with Crippen LogP contribution in [0.25, 0.3) is 6.08 Å². The summed E-state index contributed by atoms with van der Waals surface area (Å²) in [6.45, 7) is 0.180. The number of rotatable bonds is 5. The molecule has 0 spiro atoms. The van der Waals surface area contributed by atoms with Crippen molar-refractivity contribution >= 4 is 41.2 Å². The van der Waals surface area contributed by atoms with Crippen LogP contribution in [0.1, 0.15) is 21.5 Å². The molecule has 1 saturated heterocycles. The fourth-order valence-electron chi connectivity index (χ4n) is 2.76. The molecule has 0 saturated carbocycles. The molecule has 0 unspecified atom stereocenters. The Hall–Kier alpha value is -3.52. The van der Waals surface area contributed by atoms with Crippen molar-refractivity contribution in [1.82, 2.24) is 9.80 Å². The Morgan fingerprint density at radius 3 is 2.21 bits per heavy atom. The van der Waals surface area contributed by atoms with Gasteiger partial charge in [0, 0.05) is 19.7 Å². The number of ether oxygens (including phenoxy) is 1. The summed E-state index contributed by atoms with van der Waals surface area (Å²) in [6.07, 6.45) is 1.48. The first kappa shape index (κ1) is 20.2. The second-order valence-electron chi connectivity index (χ2n) is 6.38. The minimum Gasteiger partial charge on any atom is -0.545 e. The molecule has 29 heavy (non-hydrogen) atoms. The lowest BCUT2D eigenvalue weighted by Crippen LogP contribution is -2.52. The summed E-state index contributed by atoms with van der Waals surface area (Å²) in [4.78, 5) is 38.3. The highest BCUT2D eigenvalue weighted by Crippen LogP contribution is 2.25. The number of hydrogen-bond donors (Lipinski definition) is 0. The Kier molecular flexibility index (Phi) is 5.74. The van der Waals surface area contributed by atoms with Crippen molar-refractivity contribution in [3.8, 4) is 5.75 Å². The Morgan fingerprint density at radius 1 is 1.03 bits per heavy atom. The smallest absolute Gasteiger partial charge is 0.265 e. The van der Waals surface area contributed by atoms with Gasteiger partial charge in [0.15, 0.2) is 5.11 Å². The molecule has 0 bridgehead atoms. The number of carboxylic acid groups (broad SMARTS) is 1. The molecule has 2 amide bonds. The van der Waals surface area contributed by atoms with Gasteiger partial charge >= 0.3 is 0 Å². The van der Waals surface area contributed by atoms with Crippen LogP contribution >= 0.6 is 12.2 Å². The molecular formula is C21H17N2O5S-. The van der Waals surface area contributed by atoms with Gasteiger partial charge in [0.2, 0.25) is 0 Å². The van der Waals surface area contributed by atoms with E-state index < -0.39 is 17.8 Å². The lowest BCUT2D eigenvalue weighted by atomic mass is 10.1. The maximum atomic E-state index is 12.5. The summed E-state index contributed by atoms with van der Waals surface area (Å²) in [5.74, 6) is -1.73. The zero-order valence-electron chi connectivity index (χ0n) is 15.7. The normalized spacial score (nSPS) is 14.3. The SMILES string of the molecule is CN1C(=O)C(=Cc2ccccc2OCc2ccc(C(=O)[O-])cc2)C(=O)N(C)C1=S. The van der Waals surface area contributed by atoms with Crippen LogP contribution < -0.4 is 9.84 Å². The molecule has 8 heteroatoms. The first-order valence-electron chi connectivity index (χ1n) is 8.63. The molecular weight excluding hydrogens is 392 g/mol. The van der Waals surface area contributed by atoms with Crippen LogP contribution in [0.15, 0.2) is 54.1 Å². The van der Waals surface area contributed by atoms with Crippen molar-refractivity contribution in [2.24, 2.45) is 0 Å². The van der Waals surface area contributed by atoms with E-state index in [1.807, 2.05) is 0 Å². The Morgan fingerprint density at radius 2 is 1.62 bits per heavy atom. The van der Waals surface area contributed by atoms with Crippen LogP contribution in [-0.2, 0) is 16.2 Å². The third kappa shape index (κ3) is 4.17. The number of nitrogens with zero attached hydrogens (tertiary/aromatic N) is 2. The first-order chi connectivity index (χ1) is 13.8. The number of likely N-dealkylation sites (N-methyl/N-ethyl adjacent to an activating group) is 2. The molecule has 0 radical (unpaired) electrons. The number of carbonyl (C=O) groups is 3. The molecule has 1 aliphatic rings. The van der Waals surface area contributed by atoms with E-state index in [0.29, 0.717) is 11.3 Å². The zero-order chi connectivity index (χ0) is 21.1. The van der Waals surface area contributed by atoms with Crippen molar-refractivity contribution in [1.29, 1.82) is 0 Å². The topological polar surface area (TPSA) is 90.0 Å². The Bertz CT molecular complexity index is 1000. The van der Waals surface area contributed by atoms with Gasteiger partial charge in [-0.05, 0) is 35.5 Å². The van der Waals surface area contributed by atoms with E-state index in [4.69, 9.17) is 17.0 Å². The molecule has 1 fully saturated rings. The molecule has 0 atom stereocenters. The highest BCUT2D eigenvalue weighted by molar-refractivity contribution is 7.80. The first-order valence-corrected chi connectivity index (χ1v) is 9.04. The van der Waals surface area contributed by atoms with E-state index in [-0.39, 0.29) is 22.9 Å². The molecule has 3 rings (SSSR count). The van der Waals surface area contributed by atoms with E-state index in [9.17, 15) is 19.5 Å². The lowest BCUT2D eigenvalue weighted by molar-refractivity contribution is -0.255. The fraction of sp³-hybridized carbons (Fsp3) is 0.143. The molecule has 0 N–H and O–H groups in total. The minimum atomic E-state index is -1.24. The van der Waals surface area contributed by atoms with Gasteiger partial charge in [-0.3, -0.25) is 19.4 Å². The van der Waals surface area contributed by atoms with Crippen molar-refractivity contribution in [2.45, 2.75) is 6.61 Å². The monoisotopic (exact) mass is 409 g/mol. The molecule has 0 aromatic heterocycles. The van der Waals surface area contributed by atoms with E-state index >= 15 is 0 Å². The summed E-state index contributed by atoms with van der Waals surface area (Å²) in [5.41, 5.74) is 1.38. The van der Waals surface area contributed by atoms with Crippen LogP contribution in [0.4, 0.5) is 0 Å². The van der Waals surface area contributed by atoms with Crippen LogP contribution in [0.5, 0.6) is 5.75 Å². The number of amides is 2. The second kappa shape index (κ2) is 8.24. The average Bonchev–Trinajstić information content (AvgIpc) is 2.73. The highest BCUT2D eigenvalue weighted by Gasteiger charge is 2.35. The molecule has 2 aromatic rings.